The maximum absolute atomic E-state index is 6.98. The van der Waals surface area contributed by atoms with Crippen LogP contribution < -0.4 is 18.1 Å². The molecule has 4 rings (SSSR count). The van der Waals surface area contributed by atoms with Gasteiger partial charge in [-0.05, 0) is 89.8 Å². The van der Waals surface area contributed by atoms with E-state index >= 15 is 0 Å². The number of hydrogen-bond acceptors (Lipinski definition) is 6. The molecule has 384 valence electrons. The molecule has 0 saturated carbocycles. The van der Waals surface area contributed by atoms with Gasteiger partial charge in [0.2, 0.25) is 0 Å². The summed E-state index contributed by atoms with van der Waals surface area (Å²) in [6, 6.07) is 26.2. The summed E-state index contributed by atoms with van der Waals surface area (Å²) in [5.74, 6) is 3.01. The van der Waals surface area contributed by atoms with Gasteiger partial charge in [-0.3, -0.25) is 9.05 Å². The minimum absolute atomic E-state index is 0.0298. The van der Waals surface area contributed by atoms with E-state index in [4.69, 9.17) is 27.1 Å². The normalized spacial score (nSPS) is 13.9. The average Bonchev–Trinajstić information content (AvgIpc) is 3.16. The Morgan fingerprint density at radius 2 is 0.464 bits per heavy atom. The summed E-state index contributed by atoms with van der Waals surface area (Å²) < 4.78 is 41.7. The highest BCUT2D eigenvalue weighted by molar-refractivity contribution is 7.42. The summed E-state index contributed by atoms with van der Waals surface area (Å²) in [5.41, 5.74) is 7.95. The van der Waals surface area contributed by atoms with Crippen LogP contribution in [0.1, 0.15) is 225 Å². The molecule has 69 heavy (non-hydrogen) atoms. The summed E-state index contributed by atoms with van der Waals surface area (Å²) in [6.45, 7) is 58.5. The highest BCUT2D eigenvalue weighted by Crippen LogP contribution is 2.52. The third-order valence-electron chi connectivity index (χ3n) is 12.4. The third kappa shape index (κ3) is 16.4. The zero-order chi connectivity index (χ0) is 52.7. The molecule has 0 aromatic heterocycles. The van der Waals surface area contributed by atoms with E-state index in [9.17, 15) is 0 Å². The molecule has 0 spiro atoms. The van der Waals surface area contributed by atoms with E-state index in [1.807, 2.05) is 0 Å². The standard InChI is InChI=1S/C61H94O6P2/c1-53(2,3)41-27-31-49(45(35-41)57(13,14)15)64-68(65-50-32-28-42(54(4,5)6)36-46(50)58(16,17)18)62-39-61(25,26)40-63-69(66-51-33-29-43(55(7,8)9)37-47(51)59(19,20)21)67-52-34-30-44(56(10,11)12)38-48(52)60(22,23)24/h27-38H,39-40H2,1-26H3. The lowest BCUT2D eigenvalue weighted by molar-refractivity contribution is 0.0978. The fourth-order valence-electron chi connectivity index (χ4n) is 7.61. The Bertz CT molecular complexity index is 2040. The van der Waals surface area contributed by atoms with E-state index in [0.29, 0.717) is 0 Å². The van der Waals surface area contributed by atoms with Gasteiger partial charge in [0, 0.05) is 27.7 Å². The van der Waals surface area contributed by atoms with Crippen molar-refractivity contribution in [2.45, 2.75) is 223 Å². The first-order valence-corrected chi connectivity index (χ1v) is 27.3. The largest absolute Gasteiger partial charge is 0.463 e. The lowest BCUT2D eigenvalue weighted by Gasteiger charge is -2.32. The first-order valence-electron chi connectivity index (χ1n) is 25.1. The fourth-order valence-corrected chi connectivity index (χ4v) is 10.1. The number of benzene rings is 4. The van der Waals surface area contributed by atoms with Gasteiger partial charge in [-0.1, -0.05) is 229 Å². The van der Waals surface area contributed by atoms with Crippen LogP contribution in [0.4, 0.5) is 0 Å². The lowest BCUT2D eigenvalue weighted by atomic mass is 9.80. The minimum Gasteiger partial charge on any atom is -0.417 e. The predicted molar refractivity (Wildman–Crippen MR) is 297 cm³/mol. The highest BCUT2D eigenvalue weighted by atomic mass is 31.2. The van der Waals surface area contributed by atoms with Crippen molar-refractivity contribution >= 4 is 17.2 Å². The van der Waals surface area contributed by atoms with Gasteiger partial charge in [-0.25, -0.2) is 0 Å². The van der Waals surface area contributed by atoms with Crippen LogP contribution in [0.15, 0.2) is 72.8 Å². The van der Waals surface area contributed by atoms with Crippen molar-refractivity contribution in [3.05, 3.63) is 117 Å². The molecule has 0 aliphatic carbocycles. The molecule has 0 atom stereocenters. The summed E-state index contributed by atoms with van der Waals surface area (Å²) in [5, 5.41) is 0. The maximum atomic E-state index is 6.98. The molecule has 0 N–H and O–H groups in total. The molecular weight excluding hydrogens is 891 g/mol. The van der Waals surface area contributed by atoms with Crippen molar-refractivity contribution in [3.63, 3.8) is 0 Å². The Hall–Kier alpha value is -3.14. The number of rotatable bonds is 14. The molecule has 0 bridgehead atoms. The molecular formula is C61H94O6P2. The van der Waals surface area contributed by atoms with E-state index in [0.717, 1.165) is 45.3 Å². The van der Waals surface area contributed by atoms with Gasteiger partial charge in [0.05, 0.1) is 13.2 Å². The molecule has 0 radical (unpaired) electrons. The predicted octanol–water partition coefficient (Wildman–Crippen LogP) is 19.2. The van der Waals surface area contributed by atoms with Crippen LogP contribution in [0, 0.1) is 5.41 Å². The molecule has 4 aromatic rings. The molecule has 0 fully saturated rings. The summed E-state index contributed by atoms with van der Waals surface area (Å²) in [4.78, 5) is 0. The topological polar surface area (TPSA) is 55.4 Å². The lowest BCUT2D eigenvalue weighted by Crippen LogP contribution is -2.26. The van der Waals surface area contributed by atoms with Crippen LogP contribution in [0.25, 0.3) is 0 Å². The maximum Gasteiger partial charge on any atom is 0.463 e. The molecule has 0 unspecified atom stereocenters. The molecule has 0 heterocycles. The van der Waals surface area contributed by atoms with Crippen molar-refractivity contribution in [2.75, 3.05) is 13.2 Å². The second-order valence-electron chi connectivity index (χ2n) is 28.4. The van der Waals surface area contributed by atoms with Crippen molar-refractivity contribution in [2.24, 2.45) is 5.41 Å². The quantitative estimate of drug-likeness (QED) is 0.117. The van der Waals surface area contributed by atoms with Crippen molar-refractivity contribution in [3.8, 4) is 23.0 Å². The van der Waals surface area contributed by atoms with Crippen LogP contribution in [0.2, 0.25) is 0 Å². The zero-order valence-electron chi connectivity index (χ0n) is 48.2. The van der Waals surface area contributed by atoms with Gasteiger partial charge in [-0.2, -0.15) is 0 Å². The van der Waals surface area contributed by atoms with Crippen LogP contribution in [-0.2, 0) is 52.4 Å². The Morgan fingerprint density at radius 1 is 0.275 bits per heavy atom. The van der Waals surface area contributed by atoms with Gasteiger partial charge in [0.25, 0.3) is 0 Å². The van der Waals surface area contributed by atoms with Gasteiger partial charge >= 0.3 is 17.2 Å². The zero-order valence-corrected chi connectivity index (χ0v) is 50.0. The van der Waals surface area contributed by atoms with Crippen molar-refractivity contribution in [1.82, 2.24) is 0 Å². The monoisotopic (exact) mass is 985 g/mol. The molecule has 0 aliphatic heterocycles. The van der Waals surface area contributed by atoms with E-state index in [1.165, 1.54) is 22.3 Å². The average molecular weight is 985 g/mol. The highest BCUT2D eigenvalue weighted by Gasteiger charge is 2.35. The van der Waals surface area contributed by atoms with Crippen molar-refractivity contribution in [1.29, 1.82) is 0 Å². The molecule has 0 aliphatic rings. The van der Waals surface area contributed by atoms with E-state index in [1.54, 1.807) is 0 Å². The van der Waals surface area contributed by atoms with Gasteiger partial charge in [0.1, 0.15) is 23.0 Å². The fraction of sp³-hybridized carbons (Fsp3) is 0.607. The molecule has 4 aromatic carbocycles. The Morgan fingerprint density at radius 3 is 0.623 bits per heavy atom. The molecule has 8 heteroatoms. The second kappa shape index (κ2) is 20.8. The van der Waals surface area contributed by atoms with Crippen LogP contribution in [-0.4, -0.2) is 13.2 Å². The van der Waals surface area contributed by atoms with Crippen LogP contribution >= 0.6 is 17.2 Å². The smallest absolute Gasteiger partial charge is 0.417 e. The van der Waals surface area contributed by atoms with Crippen LogP contribution in [0.5, 0.6) is 23.0 Å². The SMILES string of the molecule is CC(C)(COP(Oc1ccc(C(C)(C)C)cc1C(C)(C)C)Oc1ccc(C(C)(C)C)cc1C(C)(C)C)COP(Oc1ccc(C(C)(C)C)cc1C(C)(C)C)Oc1ccc(C(C)(C)C)cc1C(C)(C)C. The van der Waals surface area contributed by atoms with Crippen molar-refractivity contribution < 1.29 is 27.1 Å². The molecule has 6 nitrogen and oxygen atoms in total. The van der Waals surface area contributed by atoms with Gasteiger partial charge in [0.15, 0.2) is 0 Å². The summed E-state index contributed by atoms with van der Waals surface area (Å²) in [6.07, 6.45) is 0. The first kappa shape index (κ1) is 58.4. The number of hydrogen-bond donors (Lipinski definition) is 0. The van der Waals surface area contributed by atoms with E-state index in [-0.39, 0.29) is 56.5 Å². The van der Waals surface area contributed by atoms with Gasteiger partial charge < -0.3 is 18.1 Å². The minimum atomic E-state index is -1.96. The third-order valence-corrected chi connectivity index (χ3v) is 14.5. The Labute approximate surface area is 424 Å². The Balaban J connectivity index is 1.78. The van der Waals surface area contributed by atoms with E-state index < -0.39 is 22.6 Å². The summed E-state index contributed by atoms with van der Waals surface area (Å²) in [7, 11) is -3.92. The molecule has 0 saturated heterocycles. The van der Waals surface area contributed by atoms with Crippen LogP contribution in [0.3, 0.4) is 0 Å². The first-order chi connectivity index (χ1) is 31.0. The van der Waals surface area contributed by atoms with Gasteiger partial charge in [-0.15, -0.1) is 0 Å². The Kier molecular flexibility index (Phi) is 17.6. The molecule has 0 amide bonds. The summed E-state index contributed by atoms with van der Waals surface area (Å²) >= 11 is 0. The van der Waals surface area contributed by atoms with E-state index in [2.05, 4.69) is 253 Å². The second-order valence-corrected chi connectivity index (χ2v) is 30.5.